The number of ether oxygens (including phenoxy) is 1. The predicted molar refractivity (Wildman–Crippen MR) is 103 cm³/mol. The van der Waals surface area contributed by atoms with Crippen molar-refractivity contribution in [1.29, 1.82) is 5.26 Å². The minimum Gasteiger partial charge on any atom is -0.486 e. The highest BCUT2D eigenvalue weighted by molar-refractivity contribution is 5.71. The number of hydrogen-bond acceptors (Lipinski definition) is 8. The number of H-pyrrole nitrogens is 1. The van der Waals surface area contributed by atoms with Gasteiger partial charge in [0.15, 0.2) is 17.3 Å². The first kappa shape index (κ1) is 18.8. The molecular weight excluding hydrogens is 375 g/mol. The van der Waals surface area contributed by atoms with Gasteiger partial charge in [0.25, 0.3) is 0 Å². The van der Waals surface area contributed by atoms with Gasteiger partial charge in [0.05, 0.1) is 35.5 Å². The Kier molecular flexibility index (Phi) is 5.05. The zero-order chi connectivity index (χ0) is 20.4. The summed E-state index contributed by atoms with van der Waals surface area (Å²) in [7, 11) is 0. The number of aromatic amines is 1. The van der Waals surface area contributed by atoms with Crippen LogP contribution in [0.2, 0.25) is 0 Å². The standard InChI is InChI=1S/C19H19FN8O/c1-10-19(20)18(15(8-23-10)29-14-4-2-3-12(14)22)13-5-16(28-27-13)26-17-9-24-11(6-21)7-25-17/h5,7-9,12,14H,2-4,22H2,1H3,(H2,25,26,27,28)/t12-,14+/m1/s1. The van der Waals surface area contributed by atoms with Crippen LogP contribution in [-0.4, -0.2) is 37.3 Å². The zero-order valence-corrected chi connectivity index (χ0v) is 15.7. The lowest BCUT2D eigenvalue weighted by molar-refractivity contribution is 0.191. The Morgan fingerprint density at radius 2 is 2.10 bits per heavy atom. The van der Waals surface area contributed by atoms with Gasteiger partial charge in [-0.25, -0.2) is 14.4 Å². The highest BCUT2D eigenvalue weighted by Crippen LogP contribution is 2.35. The minimum atomic E-state index is -0.484. The van der Waals surface area contributed by atoms with E-state index < -0.39 is 5.82 Å². The van der Waals surface area contributed by atoms with Crippen molar-refractivity contribution >= 4 is 11.6 Å². The van der Waals surface area contributed by atoms with Crippen LogP contribution in [0.1, 0.15) is 30.7 Å². The van der Waals surface area contributed by atoms with E-state index in [0.29, 0.717) is 23.1 Å². The Bertz CT molecular complexity index is 1060. The van der Waals surface area contributed by atoms with E-state index in [1.165, 1.54) is 18.6 Å². The molecule has 0 amide bonds. The van der Waals surface area contributed by atoms with Crippen LogP contribution < -0.4 is 15.8 Å². The molecule has 0 aliphatic heterocycles. The van der Waals surface area contributed by atoms with Crippen molar-refractivity contribution < 1.29 is 9.13 Å². The first-order valence-corrected chi connectivity index (χ1v) is 9.17. The van der Waals surface area contributed by atoms with Crippen LogP contribution in [0.4, 0.5) is 16.0 Å². The van der Waals surface area contributed by atoms with Gasteiger partial charge < -0.3 is 15.8 Å². The Morgan fingerprint density at radius 3 is 2.79 bits per heavy atom. The molecule has 148 valence electrons. The molecule has 3 aromatic rings. The fourth-order valence-corrected chi connectivity index (χ4v) is 3.27. The van der Waals surface area contributed by atoms with E-state index in [0.717, 1.165) is 19.3 Å². The molecule has 9 nitrogen and oxygen atoms in total. The van der Waals surface area contributed by atoms with E-state index in [-0.39, 0.29) is 29.1 Å². The van der Waals surface area contributed by atoms with Crippen molar-refractivity contribution in [1.82, 2.24) is 25.1 Å². The molecule has 4 rings (SSSR count). The van der Waals surface area contributed by atoms with Gasteiger partial charge in [0.1, 0.15) is 23.7 Å². The number of nitrogens with zero attached hydrogens (tertiary/aromatic N) is 5. The fraction of sp³-hybridized carbons (Fsp3) is 0.316. The van der Waals surface area contributed by atoms with Crippen molar-refractivity contribution in [3.05, 3.63) is 41.9 Å². The number of nitrogens with two attached hydrogens (primary N) is 1. The molecule has 3 aromatic heterocycles. The maximum absolute atomic E-state index is 14.9. The van der Waals surface area contributed by atoms with Crippen LogP contribution in [0.25, 0.3) is 11.3 Å². The summed E-state index contributed by atoms with van der Waals surface area (Å²) in [5.41, 5.74) is 7.24. The fourth-order valence-electron chi connectivity index (χ4n) is 3.27. The maximum Gasteiger partial charge on any atom is 0.158 e. The number of nitriles is 1. The van der Waals surface area contributed by atoms with Gasteiger partial charge >= 0.3 is 0 Å². The molecule has 1 aliphatic rings. The average Bonchev–Trinajstić information content (AvgIpc) is 3.35. The smallest absolute Gasteiger partial charge is 0.158 e. The quantitative estimate of drug-likeness (QED) is 0.600. The number of aromatic nitrogens is 5. The Hall–Kier alpha value is -3.58. The lowest BCUT2D eigenvalue weighted by Crippen LogP contribution is -2.33. The summed E-state index contributed by atoms with van der Waals surface area (Å²) < 4.78 is 21.0. The van der Waals surface area contributed by atoms with Gasteiger partial charge in [0.2, 0.25) is 0 Å². The molecule has 1 aliphatic carbocycles. The first-order valence-electron chi connectivity index (χ1n) is 9.17. The predicted octanol–water partition coefficient (Wildman–Crippen LogP) is 2.58. The third-order valence-corrected chi connectivity index (χ3v) is 4.81. The molecule has 0 radical (unpaired) electrons. The molecule has 1 saturated carbocycles. The molecule has 4 N–H and O–H groups in total. The Balaban J connectivity index is 1.62. The number of halogens is 1. The summed E-state index contributed by atoms with van der Waals surface area (Å²) >= 11 is 0. The van der Waals surface area contributed by atoms with E-state index in [9.17, 15) is 4.39 Å². The van der Waals surface area contributed by atoms with Crippen LogP contribution in [0.3, 0.4) is 0 Å². The average molecular weight is 394 g/mol. The van der Waals surface area contributed by atoms with Crippen molar-refractivity contribution in [3.63, 3.8) is 0 Å². The highest BCUT2D eigenvalue weighted by Gasteiger charge is 2.28. The molecule has 0 spiro atoms. The monoisotopic (exact) mass is 394 g/mol. The topological polar surface area (TPSA) is 138 Å². The summed E-state index contributed by atoms with van der Waals surface area (Å²) in [6.45, 7) is 1.59. The van der Waals surface area contributed by atoms with E-state index in [2.05, 4.69) is 30.5 Å². The summed E-state index contributed by atoms with van der Waals surface area (Å²) in [4.78, 5) is 12.1. The van der Waals surface area contributed by atoms with Gasteiger partial charge in [-0.1, -0.05) is 0 Å². The number of pyridine rings is 1. The Morgan fingerprint density at radius 1 is 1.24 bits per heavy atom. The zero-order valence-electron chi connectivity index (χ0n) is 15.7. The third kappa shape index (κ3) is 3.86. The van der Waals surface area contributed by atoms with Gasteiger partial charge in [-0.05, 0) is 26.2 Å². The van der Waals surface area contributed by atoms with E-state index >= 15 is 0 Å². The van der Waals surface area contributed by atoms with Gasteiger partial charge in [-0.15, -0.1) is 0 Å². The van der Waals surface area contributed by atoms with Crippen LogP contribution in [0, 0.1) is 24.1 Å². The second-order valence-corrected chi connectivity index (χ2v) is 6.84. The van der Waals surface area contributed by atoms with Crippen LogP contribution in [0.5, 0.6) is 5.75 Å². The molecule has 0 saturated heterocycles. The van der Waals surface area contributed by atoms with Crippen LogP contribution in [0.15, 0.2) is 24.7 Å². The van der Waals surface area contributed by atoms with E-state index in [1.807, 2.05) is 6.07 Å². The normalized spacial score (nSPS) is 18.4. The summed E-state index contributed by atoms with van der Waals surface area (Å²) in [5, 5.41) is 18.7. The van der Waals surface area contributed by atoms with Crippen molar-refractivity contribution in [3.8, 4) is 23.1 Å². The minimum absolute atomic E-state index is 0.0823. The second kappa shape index (κ2) is 7.81. The number of rotatable bonds is 5. The lowest BCUT2D eigenvalue weighted by atomic mass is 10.1. The molecule has 1 fully saturated rings. The van der Waals surface area contributed by atoms with Crippen molar-refractivity contribution in [2.75, 3.05) is 5.32 Å². The number of aryl methyl sites for hydroxylation is 1. The third-order valence-electron chi connectivity index (χ3n) is 4.81. The van der Waals surface area contributed by atoms with E-state index in [1.54, 1.807) is 13.0 Å². The number of nitrogens with one attached hydrogen (secondary N) is 2. The summed E-state index contributed by atoms with van der Waals surface area (Å²) in [6.07, 6.45) is 6.78. The van der Waals surface area contributed by atoms with Crippen LogP contribution >= 0.6 is 0 Å². The Labute approximate surface area is 166 Å². The summed E-state index contributed by atoms with van der Waals surface area (Å²) in [5.74, 6) is 0.657. The summed E-state index contributed by atoms with van der Waals surface area (Å²) in [6, 6.07) is 3.46. The first-order chi connectivity index (χ1) is 14.0. The van der Waals surface area contributed by atoms with Gasteiger partial charge in [-0.3, -0.25) is 10.1 Å². The largest absolute Gasteiger partial charge is 0.486 e. The SMILES string of the molecule is Cc1ncc(O[C@H]2CCC[C@H]2N)c(-c2cc(Nc3cnc(C#N)cn3)n[nH]2)c1F. The highest BCUT2D eigenvalue weighted by atomic mass is 19.1. The maximum atomic E-state index is 14.9. The van der Waals surface area contributed by atoms with E-state index in [4.69, 9.17) is 15.7 Å². The number of hydrogen-bond donors (Lipinski definition) is 3. The molecule has 0 bridgehead atoms. The van der Waals surface area contributed by atoms with Gasteiger partial charge in [-0.2, -0.15) is 10.4 Å². The second-order valence-electron chi connectivity index (χ2n) is 6.84. The van der Waals surface area contributed by atoms with Crippen LogP contribution in [-0.2, 0) is 0 Å². The van der Waals surface area contributed by atoms with Crippen molar-refractivity contribution in [2.45, 2.75) is 38.3 Å². The molecule has 2 atom stereocenters. The molecular formula is C19H19FN8O. The molecule has 3 heterocycles. The molecule has 0 unspecified atom stereocenters. The molecule has 29 heavy (non-hydrogen) atoms. The lowest BCUT2D eigenvalue weighted by Gasteiger charge is -2.20. The number of anilines is 2. The van der Waals surface area contributed by atoms with Gasteiger partial charge in [0, 0.05) is 12.1 Å². The van der Waals surface area contributed by atoms with Crippen molar-refractivity contribution in [2.24, 2.45) is 5.73 Å². The molecule has 0 aromatic carbocycles. The molecule has 10 heteroatoms.